The largest absolute Gasteiger partial charge is 0.399 e. The van der Waals surface area contributed by atoms with Crippen LogP contribution < -0.4 is 11.2 Å². The Morgan fingerprint density at radius 2 is 1.89 bits per heavy atom. The van der Waals surface area contributed by atoms with Crippen LogP contribution in [0.15, 0.2) is 29.4 Å². The molecular formula is C14H19N3O. The molecular weight excluding hydrogens is 226 g/mol. The zero-order valence-corrected chi connectivity index (χ0v) is 10.4. The molecule has 3 N–H and O–H groups in total. The van der Waals surface area contributed by atoms with Gasteiger partial charge in [0.1, 0.15) is 0 Å². The average molecular weight is 245 g/mol. The van der Waals surface area contributed by atoms with E-state index in [0.29, 0.717) is 17.2 Å². The van der Waals surface area contributed by atoms with Crippen molar-refractivity contribution in [1.29, 1.82) is 0 Å². The van der Waals surface area contributed by atoms with Crippen LogP contribution in [0.25, 0.3) is 0 Å². The first kappa shape index (κ1) is 12.6. The number of hydrazone groups is 1. The van der Waals surface area contributed by atoms with E-state index in [-0.39, 0.29) is 5.91 Å². The second kappa shape index (κ2) is 6.19. The minimum absolute atomic E-state index is 0.193. The highest BCUT2D eigenvalue weighted by atomic mass is 16.2. The number of amides is 1. The first-order chi connectivity index (χ1) is 8.75. The van der Waals surface area contributed by atoms with Crippen molar-refractivity contribution in [1.82, 2.24) is 5.43 Å². The third-order valence-electron chi connectivity index (χ3n) is 3.27. The molecule has 0 unspecified atom stereocenters. The highest BCUT2D eigenvalue weighted by Gasteiger charge is 2.10. The smallest absolute Gasteiger partial charge is 0.271 e. The third-order valence-corrected chi connectivity index (χ3v) is 3.27. The molecule has 0 aromatic heterocycles. The van der Waals surface area contributed by atoms with E-state index in [0.717, 1.165) is 0 Å². The van der Waals surface area contributed by atoms with Gasteiger partial charge in [0.05, 0.1) is 0 Å². The van der Waals surface area contributed by atoms with Crippen LogP contribution >= 0.6 is 0 Å². The summed E-state index contributed by atoms with van der Waals surface area (Å²) in [5.74, 6) is 0.326. The fourth-order valence-electron chi connectivity index (χ4n) is 2.18. The van der Waals surface area contributed by atoms with E-state index in [1.165, 1.54) is 32.1 Å². The van der Waals surface area contributed by atoms with Crippen LogP contribution in [0, 0.1) is 5.92 Å². The lowest BCUT2D eigenvalue weighted by Gasteiger charge is -2.16. The minimum atomic E-state index is -0.193. The Bertz CT molecular complexity index is 419. The molecule has 0 heterocycles. The van der Waals surface area contributed by atoms with Gasteiger partial charge in [0, 0.05) is 17.5 Å². The van der Waals surface area contributed by atoms with Crippen molar-refractivity contribution in [3.63, 3.8) is 0 Å². The summed E-state index contributed by atoms with van der Waals surface area (Å²) in [7, 11) is 0. The molecule has 1 amide bonds. The van der Waals surface area contributed by atoms with Gasteiger partial charge in [-0.2, -0.15) is 5.10 Å². The van der Waals surface area contributed by atoms with Crippen molar-refractivity contribution in [2.75, 3.05) is 5.73 Å². The molecule has 1 fully saturated rings. The van der Waals surface area contributed by atoms with Gasteiger partial charge >= 0.3 is 0 Å². The third kappa shape index (κ3) is 3.58. The lowest BCUT2D eigenvalue weighted by Crippen LogP contribution is -2.19. The number of rotatable bonds is 3. The predicted molar refractivity (Wildman–Crippen MR) is 73.4 cm³/mol. The Kier molecular flexibility index (Phi) is 4.34. The molecule has 18 heavy (non-hydrogen) atoms. The Morgan fingerprint density at radius 3 is 2.56 bits per heavy atom. The maximum absolute atomic E-state index is 11.7. The monoisotopic (exact) mass is 245 g/mol. The van der Waals surface area contributed by atoms with Crippen LogP contribution in [0.1, 0.15) is 42.5 Å². The van der Waals surface area contributed by atoms with Gasteiger partial charge in [-0.15, -0.1) is 0 Å². The Hall–Kier alpha value is -1.84. The number of nitrogen functional groups attached to an aromatic ring is 1. The van der Waals surface area contributed by atoms with Crippen LogP contribution in [0.5, 0.6) is 0 Å². The minimum Gasteiger partial charge on any atom is -0.399 e. The molecule has 96 valence electrons. The Balaban J connectivity index is 1.83. The van der Waals surface area contributed by atoms with E-state index in [9.17, 15) is 4.79 Å². The molecule has 4 nitrogen and oxygen atoms in total. The van der Waals surface area contributed by atoms with Gasteiger partial charge in [0.2, 0.25) is 0 Å². The summed E-state index contributed by atoms with van der Waals surface area (Å²) in [6, 6.07) is 6.81. The molecule has 0 radical (unpaired) electrons. The summed E-state index contributed by atoms with van der Waals surface area (Å²) < 4.78 is 0. The number of carbonyl (C=O) groups excluding carboxylic acids is 1. The summed E-state index contributed by atoms with van der Waals surface area (Å²) in [5, 5.41) is 4.04. The predicted octanol–water partition coefficient (Wildman–Crippen LogP) is 2.56. The van der Waals surface area contributed by atoms with Crippen molar-refractivity contribution in [2.24, 2.45) is 11.0 Å². The number of anilines is 1. The molecule has 1 aromatic rings. The summed E-state index contributed by atoms with van der Waals surface area (Å²) in [6.07, 6.45) is 8.09. The van der Waals surface area contributed by atoms with Gasteiger partial charge in [-0.25, -0.2) is 5.43 Å². The van der Waals surface area contributed by atoms with Gasteiger partial charge in [-0.1, -0.05) is 19.3 Å². The SMILES string of the molecule is Nc1ccc(C(=O)NN=CC2CCCCC2)cc1. The highest BCUT2D eigenvalue weighted by Crippen LogP contribution is 2.21. The van der Waals surface area contributed by atoms with Crippen molar-refractivity contribution >= 4 is 17.8 Å². The first-order valence-electron chi connectivity index (χ1n) is 6.45. The first-order valence-corrected chi connectivity index (χ1v) is 6.45. The number of nitrogens with zero attached hydrogens (tertiary/aromatic N) is 1. The van der Waals surface area contributed by atoms with Crippen molar-refractivity contribution in [3.05, 3.63) is 29.8 Å². The van der Waals surface area contributed by atoms with Crippen LogP contribution in [0.4, 0.5) is 5.69 Å². The fourth-order valence-corrected chi connectivity index (χ4v) is 2.18. The number of nitrogens with two attached hydrogens (primary N) is 1. The number of hydrogen-bond donors (Lipinski definition) is 2. The van der Waals surface area contributed by atoms with Gasteiger partial charge in [-0.05, 0) is 43.0 Å². The quantitative estimate of drug-likeness (QED) is 0.488. The van der Waals surface area contributed by atoms with E-state index < -0.39 is 0 Å². The zero-order valence-electron chi connectivity index (χ0n) is 10.4. The topological polar surface area (TPSA) is 67.5 Å². The lowest BCUT2D eigenvalue weighted by atomic mass is 9.90. The zero-order chi connectivity index (χ0) is 12.8. The van der Waals surface area contributed by atoms with Crippen LogP contribution in [0.2, 0.25) is 0 Å². The van der Waals surface area contributed by atoms with Crippen LogP contribution in [0.3, 0.4) is 0 Å². The summed E-state index contributed by atoms with van der Waals surface area (Å²) in [5.41, 5.74) is 9.34. The van der Waals surface area contributed by atoms with E-state index in [2.05, 4.69) is 10.5 Å². The van der Waals surface area contributed by atoms with Gasteiger partial charge < -0.3 is 5.73 Å². The fraction of sp³-hybridized carbons (Fsp3) is 0.429. The maximum Gasteiger partial charge on any atom is 0.271 e. The number of hydrogen-bond acceptors (Lipinski definition) is 3. The van der Waals surface area contributed by atoms with Crippen molar-refractivity contribution < 1.29 is 4.79 Å². The van der Waals surface area contributed by atoms with Crippen molar-refractivity contribution in [3.8, 4) is 0 Å². The Labute approximate surface area is 107 Å². The summed E-state index contributed by atoms with van der Waals surface area (Å²) in [6.45, 7) is 0. The highest BCUT2D eigenvalue weighted by molar-refractivity contribution is 5.94. The second-order valence-electron chi connectivity index (χ2n) is 4.74. The van der Waals surface area contributed by atoms with Crippen molar-refractivity contribution in [2.45, 2.75) is 32.1 Å². The van der Waals surface area contributed by atoms with Crippen LogP contribution in [-0.4, -0.2) is 12.1 Å². The molecule has 1 aromatic carbocycles. The second-order valence-corrected chi connectivity index (χ2v) is 4.74. The van der Waals surface area contributed by atoms with E-state index >= 15 is 0 Å². The molecule has 1 aliphatic rings. The molecule has 0 bridgehead atoms. The molecule has 1 aliphatic carbocycles. The maximum atomic E-state index is 11.7. The molecule has 0 atom stereocenters. The summed E-state index contributed by atoms with van der Waals surface area (Å²) >= 11 is 0. The molecule has 0 spiro atoms. The van der Waals surface area contributed by atoms with Gasteiger partial charge in [-0.3, -0.25) is 4.79 Å². The molecule has 0 aliphatic heterocycles. The number of benzene rings is 1. The molecule has 2 rings (SSSR count). The van der Waals surface area contributed by atoms with E-state index in [1.54, 1.807) is 24.3 Å². The molecule has 1 saturated carbocycles. The van der Waals surface area contributed by atoms with Crippen LogP contribution in [-0.2, 0) is 0 Å². The van der Waals surface area contributed by atoms with E-state index in [4.69, 9.17) is 5.73 Å². The number of nitrogens with one attached hydrogen (secondary N) is 1. The normalized spacial score (nSPS) is 16.9. The number of carbonyl (C=O) groups is 1. The van der Waals surface area contributed by atoms with Gasteiger partial charge in [0.15, 0.2) is 0 Å². The van der Waals surface area contributed by atoms with E-state index in [1.807, 2.05) is 6.21 Å². The summed E-state index contributed by atoms with van der Waals surface area (Å²) in [4.78, 5) is 11.7. The van der Waals surface area contributed by atoms with Gasteiger partial charge in [0.25, 0.3) is 5.91 Å². The average Bonchev–Trinajstić information content (AvgIpc) is 2.40. The molecule has 0 saturated heterocycles. The lowest BCUT2D eigenvalue weighted by molar-refractivity contribution is 0.0955. The molecule has 4 heteroatoms. The standard InChI is InChI=1S/C14H19N3O/c15-13-8-6-12(7-9-13)14(18)17-16-10-11-4-2-1-3-5-11/h6-11H,1-5,15H2,(H,17,18). The Morgan fingerprint density at radius 1 is 1.22 bits per heavy atom.